The summed E-state index contributed by atoms with van der Waals surface area (Å²) in [5, 5.41) is 13.2. The summed E-state index contributed by atoms with van der Waals surface area (Å²) in [6.45, 7) is 4.47. The van der Waals surface area contributed by atoms with E-state index in [1.807, 2.05) is 43.7 Å². The molecule has 1 N–H and O–H groups in total. The fourth-order valence-corrected chi connectivity index (χ4v) is 4.07. The number of nitrogens with one attached hydrogen (secondary N) is 1. The largest absolute Gasteiger partial charge is 0.492 e. The van der Waals surface area contributed by atoms with Gasteiger partial charge in [-0.3, -0.25) is 4.79 Å². The van der Waals surface area contributed by atoms with Gasteiger partial charge in [0.1, 0.15) is 11.6 Å². The molecular formula is C22H24Cl2N4O2S. The molecule has 0 unspecified atom stereocenters. The Bertz CT molecular complexity index is 1070. The number of thioether (sulfide) groups is 1. The first kappa shape index (κ1) is 23.4. The maximum Gasteiger partial charge on any atom is 0.234 e. The van der Waals surface area contributed by atoms with Gasteiger partial charge in [-0.05, 0) is 55.7 Å². The normalized spacial score (nSPS) is 10.9. The molecule has 31 heavy (non-hydrogen) atoms. The molecule has 0 atom stereocenters. The lowest BCUT2D eigenvalue weighted by Gasteiger charge is -2.09. The van der Waals surface area contributed by atoms with Gasteiger partial charge in [-0.15, -0.1) is 10.2 Å². The average Bonchev–Trinajstić information content (AvgIpc) is 3.07. The van der Waals surface area contributed by atoms with E-state index in [1.54, 1.807) is 18.2 Å². The molecule has 0 radical (unpaired) electrons. The second-order valence-electron chi connectivity index (χ2n) is 7.14. The second-order valence-corrected chi connectivity index (χ2v) is 8.93. The quantitative estimate of drug-likeness (QED) is 0.325. The second kappa shape index (κ2) is 10.9. The van der Waals surface area contributed by atoms with Crippen molar-refractivity contribution < 1.29 is 9.53 Å². The molecule has 2 aromatic carbocycles. The molecule has 0 fully saturated rings. The number of carbonyl (C=O) groups is 1. The van der Waals surface area contributed by atoms with Gasteiger partial charge in [0.2, 0.25) is 5.91 Å². The number of amides is 1. The molecule has 0 saturated heterocycles. The van der Waals surface area contributed by atoms with Crippen LogP contribution in [0.15, 0.2) is 41.6 Å². The van der Waals surface area contributed by atoms with E-state index in [2.05, 4.69) is 15.5 Å². The van der Waals surface area contributed by atoms with Crippen molar-refractivity contribution in [1.29, 1.82) is 0 Å². The predicted molar refractivity (Wildman–Crippen MR) is 127 cm³/mol. The fourth-order valence-electron chi connectivity index (χ4n) is 2.88. The van der Waals surface area contributed by atoms with E-state index in [1.165, 1.54) is 11.8 Å². The monoisotopic (exact) mass is 478 g/mol. The van der Waals surface area contributed by atoms with Gasteiger partial charge in [-0.25, -0.2) is 0 Å². The number of ether oxygens (including phenoxy) is 1. The summed E-state index contributed by atoms with van der Waals surface area (Å²) in [7, 11) is 1.90. The first-order valence-corrected chi connectivity index (χ1v) is 11.5. The molecule has 0 bridgehead atoms. The van der Waals surface area contributed by atoms with Crippen LogP contribution in [0.3, 0.4) is 0 Å². The molecule has 3 aromatic rings. The van der Waals surface area contributed by atoms with Gasteiger partial charge in [0.15, 0.2) is 5.16 Å². The van der Waals surface area contributed by atoms with Crippen molar-refractivity contribution in [3.63, 3.8) is 0 Å². The van der Waals surface area contributed by atoms with Crippen LogP contribution in [0.2, 0.25) is 10.0 Å². The number of hydrogen-bond acceptors (Lipinski definition) is 5. The molecule has 0 saturated carbocycles. The molecule has 0 aliphatic heterocycles. The van der Waals surface area contributed by atoms with Crippen molar-refractivity contribution in [2.75, 3.05) is 17.7 Å². The van der Waals surface area contributed by atoms with Crippen LogP contribution in [0.4, 0.5) is 5.69 Å². The minimum absolute atomic E-state index is 0.0727. The third-order valence-corrected chi connectivity index (χ3v) is 6.17. The Morgan fingerprint density at radius 2 is 1.97 bits per heavy atom. The summed E-state index contributed by atoms with van der Waals surface area (Å²) in [4.78, 5) is 12.3. The van der Waals surface area contributed by atoms with Crippen LogP contribution in [0.5, 0.6) is 5.75 Å². The topological polar surface area (TPSA) is 69.0 Å². The molecule has 0 aliphatic carbocycles. The highest BCUT2D eigenvalue weighted by atomic mass is 35.5. The Balaban J connectivity index is 1.46. The molecule has 0 aliphatic rings. The van der Waals surface area contributed by atoms with Crippen LogP contribution in [0.1, 0.15) is 23.4 Å². The van der Waals surface area contributed by atoms with Gasteiger partial charge in [0, 0.05) is 24.2 Å². The zero-order chi connectivity index (χ0) is 22.4. The van der Waals surface area contributed by atoms with Gasteiger partial charge >= 0.3 is 0 Å². The van der Waals surface area contributed by atoms with Crippen LogP contribution >= 0.6 is 35.0 Å². The van der Waals surface area contributed by atoms with Crippen LogP contribution in [0.25, 0.3) is 0 Å². The van der Waals surface area contributed by atoms with Gasteiger partial charge in [0.05, 0.1) is 17.4 Å². The number of aromatic nitrogens is 3. The van der Waals surface area contributed by atoms with Crippen molar-refractivity contribution in [2.45, 2.75) is 31.8 Å². The molecule has 9 heteroatoms. The maximum atomic E-state index is 12.3. The van der Waals surface area contributed by atoms with Crippen LogP contribution in [-0.4, -0.2) is 33.0 Å². The Hall–Kier alpha value is -2.22. The van der Waals surface area contributed by atoms with Gasteiger partial charge in [-0.2, -0.15) is 0 Å². The van der Waals surface area contributed by atoms with Crippen LogP contribution in [0, 0.1) is 13.8 Å². The first-order valence-electron chi connectivity index (χ1n) is 9.79. The first-order chi connectivity index (χ1) is 14.8. The van der Waals surface area contributed by atoms with E-state index in [0.717, 1.165) is 29.1 Å². The summed E-state index contributed by atoms with van der Waals surface area (Å²) in [6.07, 6.45) is 1.45. The lowest BCUT2D eigenvalue weighted by Crippen LogP contribution is -2.15. The van der Waals surface area contributed by atoms with Crippen molar-refractivity contribution in [3.05, 3.63) is 63.4 Å². The van der Waals surface area contributed by atoms with Crippen molar-refractivity contribution in [2.24, 2.45) is 7.05 Å². The molecule has 1 amide bonds. The summed E-state index contributed by atoms with van der Waals surface area (Å²) >= 11 is 13.4. The number of rotatable bonds is 9. The Morgan fingerprint density at radius 1 is 1.16 bits per heavy atom. The molecule has 6 nitrogen and oxygen atoms in total. The summed E-state index contributed by atoms with van der Waals surface area (Å²) in [5.74, 6) is 1.63. The van der Waals surface area contributed by atoms with E-state index < -0.39 is 0 Å². The zero-order valence-corrected chi connectivity index (χ0v) is 19.9. The highest BCUT2D eigenvalue weighted by Gasteiger charge is 2.12. The molecule has 1 aromatic heterocycles. The number of hydrogen-bond donors (Lipinski definition) is 1. The average molecular weight is 479 g/mol. The third-order valence-electron chi connectivity index (χ3n) is 4.62. The Labute approximate surface area is 196 Å². The van der Waals surface area contributed by atoms with E-state index in [-0.39, 0.29) is 11.7 Å². The minimum atomic E-state index is -0.0727. The molecule has 0 spiro atoms. The highest BCUT2D eigenvalue weighted by Crippen LogP contribution is 2.27. The molecule has 3 rings (SSSR count). The molecular weight excluding hydrogens is 455 g/mol. The van der Waals surface area contributed by atoms with Crippen molar-refractivity contribution >= 4 is 46.6 Å². The Morgan fingerprint density at radius 3 is 2.74 bits per heavy atom. The fraction of sp³-hybridized carbons (Fsp3) is 0.318. The van der Waals surface area contributed by atoms with E-state index >= 15 is 0 Å². The van der Waals surface area contributed by atoms with Gasteiger partial charge < -0.3 is 14.6 Å². The molecule has 1 heterocycles. The SMILES string of the molecule is Cc1ccc(C)c(NC(=O)CSc2nnc(CCCOc3ccc(Cl)cc3Cl)n2C)c1. The summed E-state index contributed by atoms with van der Waals surface area (Å²) < 4.78 is 7.62. The number of nitrogens with zero attached hydrogens (tertiary/aromatic N) is 3. The number of anilines is 1. The van der Waals surface area contributed by atoms with Crippen LogP contribution < -0.4 is 10.1 Å². The minimum Gasteiger partial charge on any atom is -0.492 e. The van der Waals surface area contributed by atoms with E-state index in [0.29, 0.717) is 34.0 Å². The Kier molecular flexibility index (Phi) is 8.23. The third kappa shape index (κ3) is 6.63. The van der Waals surface area contributed by atoms with Crippen LogP contribution in [-0.2, 0) is 18.3 Å². The van der Waals surface area contributed by atoms with E-state index in [9.17, 15) is 4.79 Å². The van der Waals surface area contributed by atoms with Gasteiger partial charge in [-0.1, -0.05) is 47.1 Å². The smallest absolute Gasteiger partial charge is 0.234 e. The maximum absolute atomic E-state index is 12.3. The lowest BCUT2D eigenvalue weighted by molar-refractivity contribution is -0.113. The summed E-state index contributed by atoms with van der Waals surface area (Å²) in [5.41, 5.74) is 2.98. The van der Waals surface area contributed by atoms with Crippen molar-refractivity contribution in [3.8, 4) is 5.75 Å². The number of halogens is 2. The molecule has 164 valence electrons. The van der Waals surface area contributed by atoms with E-state index in [4.69, 9.17) is 27.9 Å². The summed E-state index contributed by atoms with van der Waals surface area (Å²) in [6, 6.07) is 11.1. The number of aryl methyl sites for hydroxylation is 3. The van der Waals surface area contributed by atoms with Gasteiger partial charge in [0.25, 0.3) is 0 Å². The lowest BCUT2D eigenvalue weighted by atomic mass is 10.1. The van der Waals surface area contributed by atoms with Crippen molar-refractivity contribution in [1.82, 2.24) is 14.8 Å². The highest BCUT2D eigenvalue weighted by molar-refractivity contribution is 7.99. The predicted octanol–water partition coefficient (Wildman–Crippen LogP) is 5.48. The standard InChI is InChI=1S/C22H24Cl2N4O2S/c1-14-6-7-15(2)18(11-14)25-21(29)13-31-22-27-26-20(28(22)3)5-4-10-30-19-9-8-16(23)12-17(19)24/h6-9,11-12H,4-5,10,13H2,1-3H3,(H,25,29). The number of carbonyl (C=O) groups excluding carboxylic acids is 1. The zero-order valence-electron chi connectivity index (χ0n) is 17.6. The number of benzene rings is 2.